The maximum absolute atomic E-state index is 13.0. The number of amides is 3. The summed E-state index contributed by atoms with van der Waals surface area (Å²) in [5.41, 5.74) is 1.43. The van der Waals surface area contributed by atoms with Crippen LogP contribution in [0.2, 0.25) is 0 Å². The van der Waals surface area contributed by atoms with Gasteiger partial charge in [0, 0.05) is 6.20 Å². The van der Waals surface area contributed by atoms with Gasteiger partial charge < -0.3 is 4.90 Å². The Hall–Kier alpha value is -2.41. The number of hydrogen-bond donors (Lipinski definition) is 0. The highest BCUT2D eigenvalue weighted by Crippen LogP contribution is 2.33. The molecule has 2 heterocycles. The van der Waals surface area contributed by atoms with Crippen molar-refractivity contribution in [2.24, 2.45) is 0 Å². The zero-order chi connectivity index (χ0) is 18.2. The average molecular weight is 356 g/mol. The third-order valence-corrected chi connectivity index (χ3v) is 4.87. The Kier molecular flexibility index (Phi) is 4.51. The van der Waals surface area contributed by atoms with Crippen molar-refractivity contribution >= 4 is 29.4 Å². The summed E-state index contributed by atoms with van der Waals surface area (Å²) in [7, 11) is 0. The first kappa shape index (κ1) is 17.4. The second-order valence-electron chi connectivity index (χ2n) is 6.44. The summed E-state index contributed by atoms with van der Waals surface area (Å²) in [5, 5.41) is 0.642. The first-order valence-electron chi connectivity index (χ1n) is 7.93. The lowest BCUT2D eigenvalue weighted by Crippen LogP contribution is -2.43. The van der Waals surface area contributed by atoms with E-state index in [-0.39, 0.29) is 18.5 Å². The number of hydrogen-bond acceptors (Lipinski definition) is 5. The summed E-state index contributed by atoms with van der Waals surface area (Å²) in [6.07, 6.45) is 3.56. The standard InChI is InChI=1S/C18H20N4O2S/c1-12-5-7-14(8-6-12)22-15(23)18(2,3)21(17(22)24)11-13-9-10-19-16(20-13)25-4/h5-10H,11H2,1-4H3. The predicted octanol–water partition coefficient (Wildman–Crippen LogP) is 3.25. The van der Waals surface area contributed by atoms with Crippen molar-refractivity contribution < 1.29 is 9.59 Å². The number of urea groups is 1. The Morgan fingerprint density at radius 1 is 1.12 bits per heavy atom. The van der Waals surface area contributed by atoms with E-state index in [9.17, 15) is 9.59 Å². The van der Waals surface area contributed by atoms with Gasteiger partial charge in [0.15, 0.2) is 5.16 Å². The van der Waals surface area contributed by atoms with Crippen molar-refractivity contribution in [3.63, 3.8) is 0 Å². The van der Waals surface area contributed by atoms with Crippen LogP contribution in [0.25, 0.3) is 0 Å². The van der Waals surface area contributed by atoms with Crippen LogP contribution in [0.4, 0.5) is 10.5 Å². The van der Waals surface area contributed by atoms with Crippen molar-refractivity contribution in [3.8, 4) is 0 Å². The topological polar surface area (TPSA) is 66.4 Å². The van der Waals surface area contributed by atoms with Crippen LogP contribution < -0.4 is 4.90 Å². The Balaban J connectivity index is 1.93. The molecule has 7 heteroatoms. The monoisotopic (exact) mass is 356 g/mol. The zero-order valence-corrected chi connectivity index (χ0v) is 15.5. The summed E-state index contributed by atoms with van der Waals surface area (Å²) in [4.78, 5) is 37.2. The predicted molar refractivity (Wildman–Crippen MR) is 97.5 cm³/mol. The van der Waals surface area contributed by atoms with E-state index in [4.69, 9.17) is 0 Å². The quantitative estimate of drug-likeness (QED) is 0.478. The fourth-order valence-electron chi connectivity index (χ4n) is 2.75. The molecule has 0 unspecified atom stereocenters. The van der Waals surface area contributed by atoms with E-state index in [0.29, 0.717) is 16.5 Å². The van der Waals surface area contributed by atoms with Crippen LogP contribution in [0.3, 0.4) is 0 Å². The Morgan fingerprint density at radius 2 is 1.80 bits per heavy atom. The van der Waals surface area contributed by atoms with Gasteiger partial charge in [-0.1, -0.05) is 29.5 Å². The van der Waals surface area contributed by atoms with Gasteiger partial charge in [0.2, 0.25) is 0 Å². The van der Waals surface area contributed by atoms with Gasteiger partial charge in [-0.2, -0.15) is 0 Å². The molecular formula is C18H20N4O2S. The molecule has 1 aliphatic heterocycles. The minimum atomic E-state index is -0.938. The number of thioether (sulfide) groups is 1. The van der Waals surface area contributed by atoms with Gasteiger partial charge in [-0.25, -0.2) is 19.7 Å². The maximum Gasteiger partial charge on any atom is 0.332 e. The van der Waals surface area contributed by atoms with Gasteiger partial charge in [-0.05, 0) is 45.2 Å². The molecule has 0 aliphatic carbocycles. The number of nitrogens with zero attached hydrogens (tertiary/aromatic N) is 4. The van der Waals surface area contributed by atoms with Crippen LogP contribution >= 0.6 is 11.8 Å². The number of aromatic nitrogens is 2. The molecule has 0 spiro atoms. The van der Waals surface area contributed by atoms with E-state index in [1.165, 1.54) is 16.7 Å². The van der Waals surface area contributed by atoms with Gasteiger partial charge >= 0.3 is 6.03 Å². The van der Waals surface area contributed by atoms with E-state index in [2.05, 4.69) is 9.97 Å². The Bertz CT molecular complexity index is 820. The van der Waals surface area contributed by atoms with Gasteiger partial charge in [0.05, 0.1) is 17.9 Å². The number of imide groups is 1. The first-order chi connectivity index (χ1) is 11.8. The lowest BCUT2D eigenvalue weighted by atomic mass is 10.0. The smallest absolute Gasteiger partial charge is 0.304 e. The molecule has 3 amide bonds. The Labute approximate surface area is 151 Å². The van der Waals surface area contributed by atoms with Crippen LogP contribution in [-0.4, -0.2) is 38.6 Å². The van der Waals surface area contributed by atoms with Crippen molar-refractivity contribution in [3.05, 3.63) is 47.8 Å². The molecule has 2 aromatic rings. The number of carbonyl (C=O) groups is 2. The summed E-state index contributed by atoms with van der Waals surface area (Å²) in [6.45, 7) is 5.75. The number of anilines is 1. The third kappa shape index (κ3) is 3.11. The molecule has 130 valence electrons. The summed E-state index contributed by atoms with van der Waals surface area (Å²) >= 11 is 1.44. The van der Waals surface area contributed by atoms with Crippen molar-refractivity contribution in [1.29, 1.82) is 0 Å². The molecule has 1 fully saturated rings. The largest absolute Gasteiger partial charge is 0.332 e. The number of aryl methyl sites for hydroxylation is 1. The normalized spacial score (nSPS) is 16.6. The fourth-order valence-corrected chi connectivity index (χ4v) is 3.12. The molecule has 1 saturated heterocycles. The molecule has 0 saturated carbocycles. The molecule has 1 aromatic heterocycles. The van der Waals surface area contributed by atoms with E-state index in [0.717, 1.165) is 5.56 Å². The average Bonchev–Trinajstić information content (AvgIpc) is 2.76. The minimum Gasteiger partial charge on any atom is -0.304 e. The molecule has 0 N–H and O–H groups in total. The molecule has 1 aromatic carbocycles. The number of carbonyl (C=O) groups excluding carboxylic acids is 2. The lowest BCUT2D eigenvalue weighted by Gasteiger charge is -2.27. The summed E-state index contributed by atoms with van der Waals surface area (Å²) in [5.74, 6) is -0.236. The minimum absolute atomic E-state index is 0.236. The van der Waals surface area contributed by atoms with Crippen molar-refractivity contribution in [2.45, 2.75) is 38.0 Å². The van der Waals surface area contributed by atoms with E-state index < -0.39 is 5.54 Å². The van der Waals surface area contributed by atoms with Crippen LogP contribution in [0.1, 0.15) is 25.1 Å². The van der Waals surface area contributed by atoms with E-state index in [1.54, 1.807) is 43.1 Å². The van der Waals surface area contributed by atoms with E-state index >= 15 is 0 Å². The van der Waals surface area contributed by atoms with Crippen LogP contribution in [0.15, 0.2) is 41.7 Å². The fraction of sp³-hybridized carbons (Fsp3) is 0.333. The molecule has 0 radical (unpaired) electrons. The van der Waals surface area contributed by atoms with Crippen LogP contribution in [0.5, 0.6) is 0 Å². The molecule has 0 bridgehead atoms. The lowest BCUT2D eigenvalue weighted by molar-refractivity contribution is -0.123. The molecule has 3 rings (SSSR count). The third-order valence-electron chi connectivity index (χ3n) is 4.31. The van der Waals surface area contributed by atoms with Crippen LogP contribution in [-0.2, 0) is 11.3 Å². The number of rotatable bonds is 4. The second kappa shape index (κ2) is 6.48. The molecule has 25 heavy (non-hydrogen) atoms. The van der Waals surface area contributed by atoms with Crippen molar-refractivity contribution in [2.75, 3.05) is 11.2 Å². The Morgan fingerprint density at radius 3 is 2.44 bits per heavy atom. The first-order valence-corrected chi connectivity index (χ1v) is 9.16. The van der Waals surface area contributed by atoms with Gasteiger partial charge in [0.25, 0.3) is 5.91 Å². The highest BCUT2D eigenvalue weighted by Gasteiger charge is 2.51. The molecule has 0 atom stereocenters. The number of benzene rings is 1. The van der Waals surface area contributed by atoms with Crippen molar-refractivity contribution in [1.82, 2.24) is 14.9 Å². The SMILES string of the molecule is CSc1nccc(CN2C(=O)N(c3ccc(C)cc3)C(=O)C2(C)C)n1. The highest BCUT2D eigenvalue weighted by atomic mass is 32.2. The zero-order valence-electron chi connectivity index (χ0n) is 14.7. The van der Waals surface area contributed by atoms with Gasteiger partial charge in [0.1, 0.15) is 5.54 Å². The molecule has 6 nitrogen and oxygen atoms in total. The molecular weight excluding hydrogens is 336 g/mol. The second-order valence-corrected chi connectivity index (χ2v) is 7.21. The summed E-state index contributed by atoms with van der Waals surface area (Å²) in [6, 6.07) is 8.80. The van der Waals surface area contributed by atoms with Gasteiger partial charge in [-0.3, -0.25) is 4.79 Å². The van der Waals surface area contributed by atoms with E-state index in [1.807, 2.05) is 25.3 Å². The van der Waals surface area contributed by atoms with Crippen LogP contribution in [0, 0.1) is 6.92 Å². The summed E-state index contributed by atoms with van der Waals surface area (Å²) < 4.78 is 0. The molecule has 1 aliphatic rings. The maximum atomic E-state index is 13.0. The van der Waals surface area contributed by atoms with Gasteiger partial charge in [-0.15, -0.1) is 0 Å². The highest BCUT2D eigenvalue weighted by molar-refractivity contribution is 7.98.